The van der Waals surface area contributed by atoms with Crippen molar-refractivity contribution in [2.24, 2.45) is 0 Å². The molecule has 0 fully saturated rings. The van der Waals surface area contributed by atoms with Crippen LogP contribution >= 0.6 is 0 Å². The van der Waals surface area contributed by atoms with Crippen LogP contribution in [0.15, 0.2) is 0 Å². The molecule has 0 saturated heterocycles. The molecule has 0 saturated carbocycles. The topological polar surface area (TPSA) is 43.0 Å². The predicted molar refractivity (Wildman–Crippen MR) is 78.8 cm³/mol. The molecule has 0 heterocycles. The maximum Gasteiger partial charge on any atom is 0.0615 e. The summed E-state index contributed by atoms with van der Waals surface area (Å²) >= 11 is 0. The lowest BCUT2D eigenvalue weighted by Gasteiger charge is -2.28. The molecule has 0 aliphatic rings. The maximum absolute atomic E-state index is 5.23. The van der Waals surface area contributed by atoms with Gasteiger partial charge in [0.1, 0.15) is 0 Å². The first-order chi connectivity index (χ1) is 9.26. The van der Waals surface area contributed by atoms with Crippen molar-refractivity contribution in [3.8, 4) is 0 Å². The lowest BCUT2D eigenvalue weighted by atomic mass is 10.2. The predicted octanol–water partition coefficient (Wildman–Crippen LogP) is 0.986. The van der Waals surface area contributed by atoms with E-state index in [-0.39, 0.29) is 0 Å². The second-order valence-corrected chi connectivity index (χ2v) is 4.78. The van der Waals surface area contributed by atoms with E-state index in [1.807, 2.05) is 0 Å². The highest BCUT2D eigenvalue weighted by Gasteiger charge is 2.12. The summed E-state index contributed by atoms with van der Waals surface area (Å²) in [5.41, 5.74) is 0. The Morgan fingerprint density at radius 1 is 0.895 bits per heavy atom. The van der Waals surface area contributed by atoms with Gasteiger partial charge in [0.15, 0.2) is 0 Å². The Morgan fingerprint density at radius 2 is 1.63 bits per heavy atom. The van der Waals surface area contributed by atoms with E-state index in [0.29, 0.717) is 6.04 Å². The number of unbranched alkanes of at least 4 members (excludes halogenated alkanes) is 1. The largest absolute Gasteiger partial charge is 0.383 e. The lowest BCUT2D eigenvalue weighted by molar-refractivity contribution is 0.0740. The average Bonchev–Trinajstić information content (AvgIpc) is 2.41. The Bertz CT molecular complexity index is 182. The van der Waals surface area contributed by atoms with Crippen molar-refractivity contribution in [2.45, 2.75) is 25.8 Å². The Kier molecular flexibility index (Phi) is 14.1. The van der Waals surface area contributed by atoms with E-state index >= 15 is 0 Å². The molecule has 0 radical (unpaired) electrons. The van der Waals surface area contributed by atoms with Crippen molar-refractivity contribution in [2.75, 3.05) is 67.3 Å². The van der Waals surface area contributed by atoms with Gasteiger partial charge in [-0.25, -0.2) is 0 Å². The van der Waals surface area contributed by atoms with Crippen LogP contribution < -0.4 is 5.32 Å². The smallest absolute Gasteiger partial charge is 0.0615 e. The minimum Gasteiger partial charge on any atom is -0.383 e. The third kappa shape index (κ3) is 11.3. The van der Waals surface area contributed by atoms with Gasteiger partial charge >= 0.3 is 0 Å². The third-order valence-corrected chi connectivity index (χ3v) is 3.15. The van der Waals surface area contributed by atoms with E-state index in [9.17, 15) is 0 Å². The lowest BCUT2D eigenvalue weighted by Crippen LogP contribution is -2.39. The maximum atomic E-state index is 5.23. The van der Waals surface area contributed by atoms with Gasteiger partial charge in [-0.05, 0) is 32.9 Å². The molecule has 0 aromatic rings. The number of nitrogens with zero attached hydrogens (tertiary/aromatic N) is 1. The van der Waals surface area contributed by atoms with E-state index in [1.54, 1.807) is 21.3 Å². The van der Waals surface area contributed by atoms with Gasteiger partial charge in [-0.15, -0.1) is 0 Å². The van der Waals surface area contributed by atoms with Crippen LogP contribution in [0.3, 0.4) is 0 Å². The first-order valence-corrected chi connectivity index (χ1v) is 7.17. The molecule has 1 unspecified atom stereocenters. The van der Waals surface area contributed by atoms with Crippen molar-refractivity contribution in [3.63, 3.8) is 0 Å². The number of hydrogen-bond donors (Lipinski definition) is 1. The Hall–Kier alpha value is -0.200. The Balaban J connectivity index is 3.66. The van der Waals surface area contributed by atoms with Crippen LogP contribution in [0.4, 0.5) is 0 Å². The van der Waals surface area contributed by atoms with E-state index in [0.717, 1.165) is 46.0 Å². The fourth-order valence-corrected chi connectivity index (χ4v) is 1.97. The second-order valence-electron chi connectivity index (χ2n) is 4.78. The minimum absolute atomic E-state index is 0.446. The summed E-state index contributed by atoms with van der Waals surface area (Å²) in [4.78, 5) is 2.43. The highest BCUT2D eigenvalue weighted by Crippen LogP contribution is 2.02. The second kappa shape index (κ2) is 14.2. The van der Waals surface area contributed by atoms with Gasteiger partial charge in [-0.3, -0.25) is 4.90 Å². The van der Waals surface area contributed by atoms with Gasteiger partial charge < -0.3 is 19.5 Å². The molecule has 0 spiro atoms. The summed E-state index contributed by atoms with van der Waals surface area (Å²) in [5, 5.41) is 3.36. The SMILES string of the molecule is COCCNCCCCN(CCOC)C(C)COC. The van der Waals surface area contributed by atoms with Crippen molar-refractivity contribution in [1.82, 2.24) is 10.2 Å². The molecule has 0 aromatic heterocycles. The van der Waals surface area contributed by atoms with Gasteiger partial charge in [-0.1, -0.05) is 0 Å². The molecule has 0 bridgehead atoms. The Morgan fingerprint density at radius 3 is 2.26 bits per heavy atom. The number of rotatable bonds is 14. The molecule has 19 heavy (non-hydrogen) atoms. The summed E-state index contributed by atoms with van der Waals surface area (Å²) in [6.07, 6.45) is 2.38. The number of ether oxygens (including phenoxy) is 3. The molecule has 0 rings (SSSR count). The van der Waals surface area contributed by atoms with E-state index in [2.05, 4.69) is 17.1 Å². The highest BCUT2D eigenvalue weighted by atomic mass is 16.5. The molecule has 0 aliphatic carbocycles. The molecule has 116 valence electrons. The summed E-state index contributed by atoms with van der Waals surface area (Å²) in [6, 6.07) is 0.446. The monoisotopic (exact) mass is 276 g/mol. The molecule has 0 amide bonds. The van der Waals surface area contributed by atoms with Crippen LogP contribution in [-0.2, 0) is 14.2 Å². The standard InChI is InChI=1S/C14H32N2O3/c1-14(13-19-4)16(10-12-18-3)9-6-5-7-15-8-11-17-2/h14-15H,5-13H2,1-4H3. The number of hydrogen-bond acceptors (Lipinski definition) is 5. The molecular weight excluding hydrogens is 244 g/mol. The third-order valence-electron chi connectivity index (χ3n) is 3.15. The van der Waals surface area contributed by atoms with Gasteiger partial charge in [-0.2, -0.15) is 0 Å². The molecule has 1 N–H and O–H groups in total. The van der Waals surface area contributed by atoms with Crippen LogP contribution in [0.2, 0.25) is 0 Å². The zero-order chi connectivity index (χ0) is 14.3. The van der Waals surface area contributed by atoms with Gasteiger partial charge in [0.2, 0.25) is 0 Å². The minimum atomic E-state index is 0.446. The fourth-order valence-electron chi connectivity index (χ4n) is 1.97. The quantitative estimate of drug-likeness (QED) is 0.479. The van der Waals surface area contributed by atoms with Crippen molar-refractivity contribution in [1.29, 1.82) is 0 Å². The van der Waals surface area contributed by atoms with Crippen LogP contribution in [0.5, 0.6) is 0 Å². The molecule has 5 heteroatoms. The normalized spacial score (nSPS) is 13.1. The summed E-state index contributed by atoms with van der Waals surface area (Å²) < 4.78 is 15.4. The molecule has 5 nitrogen and oxygen atoms in total. The van der Waals surface area contributed by atoms with Crippen LogP contribution in [-0.4, -0.2) is 78.3 Å². The fraction of sp³-hybridized carbons (Fsp3) is 1.00. The van der Waals surface area contributed by atoms with Crippen LogP contribution in [0.1, 0.15) is 19.8 Å². The highest BCUT2D eigenvalue weighted by molar-refractivity contribution is 4.67. The molecule has 0 aromatic carbocycles. The average molecular weight is 276 g/mol. The first kappa shape index (κ1) is 18.8. The van der Waals surface area contributed by atoms with E-state index < -0.39 is 0 Å². The van der Waals surface area contributed by atoms with Gasteiger partial charge in [0, 0.05) is 40.5 Å². The molecule has 1 atom stereocenters. The van der Waals surface area contributed by atoms with Crippen LogP contribution in [0, 0.1) is 0 Å². The molecular formula is C14H32N2O3. The van der Waals surface area contributed by atoms with E-state index in [1.165, 1.54) is 12.8 Å². The number of nitrogens with one attached hydrogen (secondary N) is 1. The summed E-state index contributed by atoms with van der Waals surface area (Å²) in [5.74, 6) is 0. The van der Waals surface area contributed by atoms with Crippen molar-refractivity contribution < 1.29 is 14.2 Å². The van der Waals surface area contributed by atoms with Gasteiger partial charge in [0.05, 0.1) is 19.8 Å². The first-order valence-electron chi connectivity index (χ1n) is 7.17. The van der Waals surface area contributed by atoms with Crippen LogP contribution in [0.25, 0.3) is 0 Å². The zero-order valence-electron chi connectivity index (χ0n) is 13.1. The Labute approximate surface area is 118 Å². The van der Waals surface area contributed by atoms with Crippen molar-refractivity contribution in [3.05, 3.63) is 0 Å². The van der Waals surface area contributed by atoms with E-state index in [4.69, 9.17) is 14.2 Å². The zero-order valence-corrected chi connectivity index (χ0v) is 13.1. The van der Waals surface area contributed by atoms with Gasteiger partial charge in [0.25, 0.3) is 0 Å². The summed E-state index contributed by atoms with van der Waals surface area (Å²) in [7, 11) is 5.23. The number of methoxy groups -OCH3 is 3. The van der Waals surface area contributed by atoms with Crippen molar-refractivity contribution >= 4 is 0 Å². The summed E-state index contributed by atoms with van der Waals surface area (Å²) in [6.45, 7) is 8.60. The molecule has 0 aliphatic heterocycles.